The number of para-hydroxylation sites is 1. The first-order valence-electron chi connectivity index (χ1n) is 11.4. The number of anilines is 2. The number of hydrogen-bond acceptors (Lipinski definition) is 5. The maximum absolute atomic E-state index is 13.3. The number of H-pyrrole nitrogens is 1. The predicted octanol–water partition coefficient (Wildman–Crippen LogP) is 6.22. The van der Waals surface area contributed by atoms with E-state index in [1.54, 1.807) is 0 Å². The molecule has 206 valence electrons. The van der Waals surface area contributed by atoms with Crippen molar-refractivity contribution in [1.82, 2.24) is 20.3 Å². The van der Waals surface area contributed by atoms with E-state index in [0.29, 0.717) is 0 Å². The van der Waals surface area contributed by atoms with Crippen LogP contribution in [0.25, 0.3) is 11.2 Å². The Bertz CT molecular complexity index is 1280. The number of nitrogens with one attached hydrogen (secondary N) is 3. The van der Waals surface area contributed by atoms with E-state index in [1.165, 1.54) is 18.2 Å². The van der Waals surface area contributed by atoms with Crippen LogP contribution in [0.4, 0.5) is 46.8 Å². The molecule has 3 aromatic rings. The molecule has 3 N–H and O–H groups in total. The summed E-state index contributed by atoms with van der Waals surface area (Å²) in [7, 11) is 0. The average molecular weight is 551 g/mol. The molecule has 1 aliphatic carbocycles. The molecule has 0 saturated heterocycles. The van der Waals surface area contributed by atoms with Gasteiger partial charge in [-0.25, -0.2) is 13.8 Å². The number of pyridine rings is 1. The maximum Gasteiger partial charge on any atom is 0.418 e. The van der Waals surface area contributed by atoms with Crippen LogP contribution in [0.5, 0.6) is 5.88 Å². The summed E-state index contributed by atoms with van der Waals surface area (Å²) in [5, 5.41) is 5.07. The van der Waals surface area contributed by atoms with Gasteiger partial charge in [0.25, 0.3) is 12.3 Å². The van der Waals surface area contributed by atoms with Crippen LogP contribution >= 0.6 is 0 Å². The van der Waals surface area contributed by atoms with Gasteiger partial charge in [0.2, 0.25) is 11.8 Å². The molecule has 1 aromatic carbocycles. The summed E-state index contributed by atoms with van der Waals surface area (Å²) in [5.41, 5.74) is -1.64. The quantitative estimate of drug-likeness (QED) is 0.304. The summed E-state index contributed by atoms with van der Waals surface area (Å²) < 4.78 is 109. The van der Waals surface area contributed by atoms with Gasteiger partial charge in [0.15, 0.2) is 12.3 Å². The summed E-state index contributed by atoms with van der Waals surface area (Å²) in [5.74, 6) is -2.95. The molecule has 2 heterocycles. The van der Waals surface area contributed by atoms with E-state index in [1.807, 2.05) is 0 Å². The molecule has 7 nitrogen and oxygen atoms in total. The summed E-state index contributed by atoms with van der Waals surface area (Å²) in [6.45, 7) is -1.10. The van der Waals surface area contributed by atoms with Crippen LogP contribution in [-0.4, -0.2) is 46.1 Å². The fourth-order valence-corrected chi connectivity index (χ4v) is 4.19. The molecule has 1 amide bonds. The summed E-state index contributed by atoms with van der Waals surface area (Å²) in [6, 6.07) is 5.18. The Morgan fingerprint density at radius 1 is 1.05 bits per heavy atom. The molecule has 1 fully saturated rings. The van der Waals surface area contributed by atoms with Gasteiger partial charge in [0.1, 0.15) is 11.1 Å². The van der Waals surface area contributed by atoms with Crippen LogP contribution in [0.15, 0.2) is 30.3 Å². The van der Waals surface area contributed by atoms with E-state index in [2.05, 4.69) is 25.6 Å². The molecule has 4 rings (SSSR count). The van der Waals surface area contributed by atoms with Gasteiger partial charge in [-0.1, -0.05) is 12.1 Å². The number of imidazole rings is 1. The lowest BCUT2D eigenvalue weighted by Crippen LogP contribution is -2.40. The zero-order valence-electron chi connectivity index (χ0n) is 19.4. The molecule has 38 heavy (non-hydrogen) atoms. The van der Waals surface area contributed by atoms with Gasteiger partial charge in [-0.2, -0.15) is 31.3 Å². The van der Waals surface area contributed by atoms with Gasteiger partial charge >= 0.3 is 12.4 Å². The van der Waals surface area contributed by atoms with Gasteiger partial charge in [0, 0.05) is 6.04 Å². The second kappa shape index (κ2) is 10.6. The third-order valence-corrected chi connectivity index (χ3v) is 6.04. The fraction of sp³-hybridized carbons (Fsp3) is 0.435. The van der Waals surface area contributed by atoms with E-state index in [-0.39, 0.29) is 54.0 Å². The van der Waals surface area contributed by atoms with Gasteiger partial charge < -0.3 is 20.4 Å². The Hall–Kier alpha value is -3.65. The molecular formula is C23H21F8N5O2. The van der Waals surface area contributed by atoms with E-state index in [4.69, 9.17) is 4.74 Å². The third-order valence-electron chi connectivity index (χ3n) is 6.04. The highest BCUT2D eigenvalue weighted by atomic mass is 19.4. The number of ether oxygens (including phenoxy) is 1. The average Bonchev–Trinajstić information content (AvgIpc) is 3.22. The Labute approximate surface area is 210 Å². The van der Waals surface area contributed by atoms with Gasteiger partial charge in [-0.3, -0.25) is 4.79 Å². The number of fused-ring (bicyclic) bond motifs is 1. The van der Waals surface area contributed by atoms with Crippen LogP contribution in [-0.2, 0) is 6.18 Å². The van der Waals surface area contributed by atoms with Crippen molar-refractivity contribution < 1.29 is 44.7 Å². The number of hydrogen-bond donors (Lipinski definition) is 3. The number of aromatic nitrogens is 3. The van der Waals surface area contributed by atoms with E-state index < -0.39 is 54.7 Å². The SMILES string of the molecule is O=C(N[C@H]1CC[C@H](C(F)(F)F)CC1)c1cc2nc(Nc3ccccc3C(F)(F)F)[nH]c2nc1OCC(F)F. The van der Waals surface area contributed by atoms with Crippen LogP contribution < -0.4 is 15.4 Å². The number of carbonyl (C=O) groups is 1. The minimum atomic E-state index is -4.66. The van der Waals surface area contributed by atoms with E-state index >= 15 is 0 Å². The number of aromatic amines is 1. The molecular weight excluding hydrogens is 530 g/mol. The smallest absolute Gasteiger partial charge is 0.418 e. The lowest BCUT2D eigenvalue weighted by molar-refractivity contribution is -0.182. The Morgan fingerprint density at radius 3 is 2.37 bits per heavy atom. The van der Waals surface area contributed by atoms with Crippen molar-refractivity contribution in [3.8, 4) is 5.88 Å². The van der Waals surface area contributed by atoms with Crippen molar-refractivity contribution in [3.63, 3.8) is 0 Å². The molecule has 1 saturated carbocycles. The molecule has 0 spiro atoms. The Morgan fingerprint density at radius 2 is 1.74 bits per heavy atom. The Kier molecular flexibility index (Phi) is 7.65. The normalized spacial score (nSPS) is 18.6. The lowest BCUT2D eigenvalue weighted by atomic mass is 9.85. The highest BCUT2D eigenvalue weighted by Gasteiger charge is 2.41. The first-order valence-corrected chi connectivity index (χ1v) is 11.4. The zero-order chi connectivity index (χ0) is 27.7. The number of rotatable bonds is 7. The van der Waals surface area contributed by atoms with Crippen molar-refractivity contribution in [2.45, 2.75) is 50.5 Å². The topological polar surface area (TPSA) is 91.9 Å². The first kappa shape index (κ1) is 27.4. The van der Waals surface area contributed by atoms with Crippen molar-refractivity contribution in [2.24, 2.45) is 5.92 Å². The molecule has 2 aromatic heterocycles. The fourth-order valence-electron chi connectivity index (χ4n) is 4.19. The van der Waals surface area contributed by atoms with E-state index in [0.717, 1.165) is 12.1 Å². The maximum atomic E-state index is 13.3. The first-order chi connectivity index (χ1) is 17.8. The Balaban J connectivity index is 1.58. The van der Waals surface area contributed by atoms with Crippen molar-refractivity contribution in [1.29, 1.82) is 0 Å². The molecule has 0 atom stereocenters. The number of nitrogens with zero attached hydrogens (tertiary/aromatic N) is 2. The van der Waals surface area contributed by atoms with Gasteiger partial charge in [-0.15, -0.1) is 0 Å². The predicted molar refractivity (Wildman–Crippen MR) is 119 cm³/mol. The second-order valence-corrected chi connectivity index (χ2v) is 8.73. The molecule has 0 radical (unpaired) electrons. The third kappa shape index (κ3) is 6.42. The number of carbonyl (C=O) groups excluding carboxylic acids is 1. The van der Waals surface area contributed by atoms with E-state index in [9.17, 15) is 39.9 Å². The van der Waals surface area contributed by atoms with Crippen LogP contribution in [0.3, 0.4) is 0 Å². The minimum absolute atomic E-state index is 0.00677. The minimum Gasteiger partial charge on any atom is -0.471 e. The number of halogens is 8. The molecule has 1 aliphatic rings. The monoisotopic (exact) mass is 551 g/mol. The second-order valence-electron chi connectivity index (χ2n) is 8.73. The number of benzene rings is 1. The number of alkyl halides is 8. The van der Waals surface area contributed by atoms with Crippen LogP contribution in [0, 0.1) is 5.92 Å². The van der Waals surface area contributed by atoms with Crippen LogP contribution in [0.1, 0.15) is 41.6 Å². The summed E-state index contributed by atoms with van der Waals surface area (Å²) in [6.07, 6.45) is -12.1. The molecule has 0 aliphatic heterocycles. The molecule has 0 bridgehead atoms. The summed E-state index contributed by atoms with van der Waals surface area (Å²) in [4.78, 5) is 23.6. The van der Waals surface area contributed by atoms with Gasteiger partial charge in [0.05, 0.1) is 17.2 Å². The summed E-state index contributed by atoms with van der Waals surface area (Å²) >= 11 is 0. The van der Waals surface area contributed by atoms with Crippen molar-refractivity contribution in [3.05, 3.63) is 41.5 Å². The van der Waals surface area contributed by atoms with Crippen molar-refractivity contribution in [2.75, 3.05) is 11.9 Å². The van der Waals surface area contributed by atoms with Crippen molar-refractivity contribution >= 4 is 28.7 Å². The van der Waals surface area contributed by atoms with Gasteiger partial charge in [-0.05, 0) is 43.9 Å². The lowest BCUT2D eigenvalue weighted by Gasteiger charge is -2.30. The highest BCUT2D eigenvalue weighted by molar-refractivity contribution is 5.99. The highest BCUT2D eigenvalue weighted by Crippen LogP contribution is 2.38. The molecule has 15 heteroatoms. The molecule has 0 unspecified atom stereocenters. The standard InChI is InChI=1S/C23H21F8N5O2/c24-17(25)10-38-20-13(19(37)32-12-7-5-11(6-8-12)22(26,27)28)9-16-18(35-20)36-21(34-16)33-15-4-2-1-3-14(15)23(29,30)31/h1-4,9,11-12,17H,5-8,10H2,(H,32,37)(H2,33,34,35,36)/t11-,12-. The largest absolute Gasteiger partial charge is 0.471 e. The number of amides is 1. The van der Waals surface area contributed by atoms with Crippen LogP contribution in [0.2, 0.25) is 0 Å². The zero-order valence-corrected chi connectivity index (χ0v) is 19.4.